The van der Waals surface area contributed by atoms with Crippen molar-refractivity contribution >= 4 is 9.76 Å². The maximum absolute atomic E-state index is 5.27. The van der Waals surface area contributed by atoms with Crippen LogP contribution in [-0.4, -0.2) is 29.1 Å². The Morgan fingerprint density at radius 2 is 2.09 bits per heavy atom. The van der Waals surface area contributed by atoms with E-state index in [-0.39, 0.29) is 0 Å². The molecule has 0 aliphatic heterocycles. The van der Waals surface area contributed by atoms with Crippen molar-refractivity contribution < 1.29 is 9.16 Å². The lowest BCUT2D eigenvalue weighted by molar-refractivity contribution is 0.0563. The average molecular weight is 172 g/mol. The molecule has 2 radical (unpaired) electrons. The number of hydrogen-bond acceptors (Lipinski definition) is 2. The van der Waals surface area contributed by atoms with Crippen LogP contribution >= 0.6 is 0 Å². The minimum atomic E-state index is 0.298. The lowest BCUT2D eigenvalue weighted by Gasteiger charge is -2.06. The van der Waals surface area contributed by atoms with E-state index in [9.17, 15) is 0 Å². The van der Waals surface area contributed by atoms with Crippen molar-refractivity contribution in [2.24, 2.45) is 0 Å². The first kappa shape index (κ1) is 10.9. The molecule has 0 rings (SSSR count). The zero-order valence-electron chi connectivity index (χ0n) is 7.52. The third-order valence-electron chi connectivity index (χ3n) is 0.883. The molecule has 3 heteroatoms. The molecule has 2 nitrogen and oxygen atoms in total. The maximum atomic E-state index is 5.27. The van der Waals surface area contributed by atoms with Gasteiger partial charge in [-0.25, -0.2) is 0 Å². The van der Waals surface area contributed by atoms with Crippen LogP contribution in [0.4, 0.5) is 0 Å². The van der Waals surface area contributed by atoms with Crippen molar-refractivity contribution in [3.63, 3.8) is 0 Å². The van der Waals surface area contributed by atoms with Gasteiger partial charge in [0.1, 0.15) is 0 Å². The van der Waals surface area contributed by atoms with Crippen LogP contribution in [0.2, 0.25) is 0 Å². The third kappa shape index (κ3) is 9.88. The Labute approximate surface area is 71.5 Å². The normalized spacial score (nSPS) is 10.5. The summed E-state index contributed by atoms with van der Waals surface area (Å²) < 4.78 is 10.5. The van der Waals surface area contributed by atoms with E-state index in [0.29, 0.717) is 29.1 Å². The third-order valence-corrected chi connectivity index (χ3v) is 1.58. The summed E-state index contributed by atoms with van der Waals surface area (Å²) in [6.45, 7) is 11.1. The second-order valence-corrected chi connectivity index (χ2v) is 4.00. The quantitative estimate of drug-likeness (QED) is 0.447. The summed E-state index contributed by atoms with van der Waals surface area (Å²) in [5.74, 6) is 0. The van der Waals surface area contributed by atoms with E-state index < -0.39 is 0 Å². The Kier molecular flexibility index (Phi) is 6.50. The maximum Gasteiger partial charge on any atom is 0.263 e. The zero-order chi connectivity index (χ0) is 8.69. The highest BCUT2D eigenvalue weighted by molar-refractivity contribution is 6.37. The van der Waals surface area contributed by atoms with Crippen LogP contribution in [0.25, 0.3) is 0 Å². The van der Waals surface area contributed by atoms with Crippen LogP contribution < -0.4 is 0 Å². The Morgan fingerprint density at radius 1 is 1.45 bits per heavy atom. The standard InChI is InChI=1S/C8H16O2Si/c1-7(2)9-5-6-10-11-8(3)4/h7H,3,5-6H2,1-2,4H3. The topological polar surface area (TPSA) is 18.5 Å². The fourth-order valence-electron chi connectivity index (χ4n) is 0.500. The molecule has 0 atom stereocenters. The van der Waals surface area contributed by atoms with E-state index in [1.54, 1.807) is 0 Å². The summed E-state index contributed by atoms with van der Waals surface area (Å²) in [5, 5.41) is 1.08. The van der Waals surface area contributed by atoms with Crippen LogP contribution in [0, 0.1) is 0 Å². The zero-order valence-corrected chi connectivity index (χ0v) is 8.52. The molecule has 0 aromatic carbocycles. The molecule has 11 heavy (non-hydrogen) atoms. The van der Waals surface area contributed by atoms with Gasteiger partial charge in [0.05, 0.1) is 19.3 Å². The molecular formula is C8H16O2Si. The molecule has 0 saturated heterocycles. The smallest absolute Gasteiger partial charge is 0.263 e. The fraction of sp³-hybridized carbons (Fsp3) is 0.750. The van der Waals surface area contributed by atoms with Crippen LogP contribution in [0.3, 0.4) is 0 Å². The number of allylic oxidation sites excluding steroid dienone is 1. The summed E-state index contributed by atoms with van der Waals surface area (Å²) in [6, 6.07) is 0. The van der Waals surface area contributed by atoms with E-state index >= 15 is 0 Å². The first-order valence-electron chi connectivity index (χ1n) is 3.78. The van der Waals surface area contributed by atoms with Crippen molar-refractivity contribution in [2.75, 3.05) is 13.2 Å². The highest BCUT2D eigenvalue weighted by Crippen LogP contribution is 1.88. The van der Waals surface area contributed by atoms with Gasteiger partial charge in [-0.05, 0) is 20.8 Å². The molecule has 0 aromatic heterocycles. The van der Waals surface area contributed by atoms with Crippen molar-refractivity contribution in [1.29, 1.82) is 0 Å². The van der Waals surface area contributed by atoms with E-state index in [1.165, 1.54) is 0 Å². The van der Waals surface area contributed by atoms with Gasteiger partial charge in [-0.3, -0.25) is 0 Å². The van der Waals surface area contributed by atoms with Crippen molar-refractivity contribution in [1.82, 2.24) is 0 Å². The monoisotopic (exact) mass is 172 g/mol. The van der Waals surface area contributed by atoms with Crippen molar-refractivity contribution in [3.05, 3.63) is 11.8 Å². The summed E-state index contributed by atoms with van der Waals surface area (Å²) in [5.41, 5.74) is 0. The van der Waals surface area contributed by atoms with Gasteiger partial charge in [0.15, 0.2) is 0 Å². The molecule has 0 unspecified atom stereocenters. The van der Waals surface area contributed by atoms with Gasteiger partial charge in [0, 0.05) is 0 Å². The second-order valence-electron chi connectivity index (χ2n) is 2.65. The molecule has 0 heterocycles. The number of rotatable bonds is 6. The van der Waals surface area contributed by atoms with Gasteiger partial charge in [0.25, 0.3) is 9.76 Å². The average Bonchev–Trinajstić information content (AvgIpc) is 1.85. The van der Waals surface area contributed by atoms with Gasteiger partial charge in [0.2, 0.25) is 0 Å². The lowest BCUT2D eigenvalue weighted by Crippen LogP contribution is -2.11. The van der Waals surface area contributed by atoms with Gasteiger partial charge < -0.3 is 9.16 Å². The SMILES string of the molecule is C=C(C)[Si]OCCOC(C)C. The highest BCUT2D eigenvalue weighted by atomic mass is 28.2. The van der Waals surface area contributed by atoms with Gasteiger partial charge in [-0.2, -0.15) is 0 Å². The van der Waals surface area contributed by atoms with Crippen LogP contribution in [0.15, 0.2) is 11.8 Å². The molecule has 0 aliphatic carbocycles. The highest BCUT2D eigenvalue weighted by Gasteiger charge is 1.93. The molecule has 0 amide bonds. The minimum Gasteiger partial charge on any atom is -0.409 e. The lowest BCUT2D eigenvalue weighted by atomic mass is 10.5. The van der Waals surface area contributed by atoms with Gasteiger partial charge in [-0.1, -0.05) is 5.20 Å². The first-order chi connectivity index (χ1) is 5.13. The second kappa shape index (κ2) is 6.58. The minimum absolute atomic E-state index is 0.298. The van der Waals surface area contributed by atoms with Gasteiger partial charge in [-0.15, -0.1) is 6.58 Å². The molecule has 0 aromatic rings. The van der Waals surface area contributed by atoms with E-state index in [2.05, 4.69) is 6.58 Å². The Morgan fingerprint density at radius 3 is 2.55 bits per heavy atom. The van der Waals surface area contributed by atoms with Crippen LogP contribution in [-0.2, 0) is 9.16 Å². The summed E-state index contributed by atoms with van der Waals surface area (Å²) in [4.78, 5) is 0. The fourth-order valence-corrected chi connectivity index (χ4v) is 0.932. The molecule has 0 bridgehead atoms. The predicted molar refractivity (Wildman–Crippen MR) is 47.6 cm³/mol. The molecular weight excluding hydrogens is 156 g/mol. The first-order valence-corrected chi connectivity index (χ1v) is 4.68. The molecule has 0 aliphatic rings. The number of ether oxygens (including phenoxy) is 1. The Balaban J connectivity index is 2.97. The van der Waals surface area contributed by atoms with E-state index in [1.807, 2.05) is 20.8 Å². The predicted octanol–water partition coefficient (Wildman–Crippen LogP) is 1.58. The molecule has 0 fully saturated rings. The summed E-state index contributed by atoms with van der Waals surface area (Å²) in [6.07, 6.45) is 0.298. The Hall–Kier alpha value is -0.123. The van der Waals surface area contributed by atoms with Crippen molar-refractivity contribution in [3.8, 4) is 0 Å². The molecule has 0 spiro atoms. The summed E-state index contributed by atoms with van der Waals surface area (Å²) >= 11 is 0. The number of hydrogen-bond donors (Lipinski definition) is 0. The van der Waals surface area contributed by atoms with Crippen molar-refractivity contribution in [2.45, 2.75) is 26.9 Å². The molecule has 64 valence electrons. The van der Waals surface area contributed by atoms with Gasteiger partial charge >= 0.3 is 0 Å². The Bertz CT molecular complexity index is 113. The van der Waals surface area contributed by atoms with E-state index in [4.69, 9.17) is 9.16 Å². The molecule has 0 N–H and O–H groups in total. The summed E-state index contributed by atoms with van der Waals surface area (Å²) in [7, 11) is 0.418. The van der Waals surface area contributed by atoms with E-state index in [0.717, 1.165) is 5.20 Å². The van der Waals surface area contributed by atoms with Crippen LogP contribution in [0.5, 0.6) is 0 Å². The van der Waals surface area contributed by atoms with Crippen LogP contribution in [0.1, 0.15) is 20.8 Å². The largest absolute Gasteiger partial charge is 0.409 e. The molecule has 0 saturated carbocycles.